The summed E-state index contributed by atoms with van der Waals surface area (Å²) in [5.74, 6) is 0.191. The van der Waals surface area contributed by atoms with Crippen LogP contribution in [0.25, 0.3) is 0 Å². The molecular formula is C16H24BrNO. The minimum absolute atomic E-state index is 0.191. The quantitative estimate of drug-likeness (QED) is 0.509. The third-order valence-electron chi connectivity index (χ3n) is 3.12. The molecule has 0 aliphatic carbocycles. The normalized spacial score (nSPS) is 10.4. The second kappa shape index (κ2) is 11.0. The predicted octanol–water partition coefficient (Wildman–Crippen LogP) is 4.08. The van der Waals surface area contributed by atoms with E-state index in [2.05, 4.69) is 33.4 Å². The maximum absolute atomic E-state index is 11.6. The molecule has 0 bridgehead atoms. The third-order valence-corrected chi connectivity index (χ3v) is 3.68. The summed E-state index contributed by atoms with van der Waals surface area (Å²) >= 11 is 3.43. The maximum atomic E-state index is 11.6. The molecule has 0 aliphatic heterocycles. The number of unbranched alkanes of at least 4 members (excludes halogenated alkanes) is 4. The minimum Gasteiger partial charge on any atom is -0.356 e. The molecule has 0 heterocycles. The van der Waals surface area contributed by atoms with E-state index in [-0.39, 0.29) is 5.91 Å². The first kappa shape index (κ1) is 16.2. The number of halogens is 1. The van der Waals surface area contributed by atoms with Crippen LogP contribution in [0.5, 0.6) is 0 Å². The van der Waals surface area contributed by atoms with Crippen molar-refractivity contribution >= 4 is 21.8 Å². The van der Waals surface area contributed by atoms with Crippen LogP contribution in [-0.4, -0.2) is 17.8 Å². The van der Waals surface area contributed by atoms with Crippen LogP contribution < -0.4 is 5.32 Å². The van der Waals surface area contributed by atoms with Crippen LogP contribution in [0.3, 0.4) is 0 Å². The number of benzene rings is 1. The zero-order chi connectivity index (χ0) is 13.8. The molecule has 1 aromatic rings. The maximum Gasteiger partial charge on any atom is 0.220 e. The van der Waals surface area contributed by atoms with E-state index in [1.165, 1.54) is 31.2 Å². The van der Waals surface area contributed by atoms with E-state index in [0.717, 1.165) is 24.7 Å². The van der Waals surface area contributed by atoms with Crippen LogP contribution in [0.4, 0.5) is 0 Å². The van der Waals surface area contributed by atoms with E-state index < -0.39 is 0 Å². The molecule has 0 saturated carbocycles. The van der Waals surface area contributed by atoms with Crippen LogP contribution in [0.2, 0.25) is 0 Å². The third kappa shape index (κ3) is 8.82. The Balaban J connectivity index is 1.96. The lowest BCUT2D eigenvalue weighted by molar-refractivity contribution is -0.121. The number of rotatable bonds is 10. The summed E-state index contributed by atoms with van der Waals surface area (Å²) in [5, 5.41) is 4.08. The average molecular weight is 326 g/mol. The Morgan fingerprint density at radius 1 is 1.00 bits per heavy atom. The van der Waals surface area contributed by atoms with Crippen molar-refractivity contribution < 1.29 is 4.79 Å². The number of alkyl halides is 1. The van der Waals surface area contributed by atoms with Crippen LogP contribution in [-0.2, 0) is 11.2 Å². The molecule has 0 saturated heterocycles. The fourth-order valence-corrected chi connectivity index (χ4v) is 2.39. The monoisotopic (exact) mass is 325 g/mol. The van der Waals surface area contributed by atoms with Crippen molar-refractivity contribution in [2.75, 3.05) is 11.9 Å². The predicted molar refractivity (Wildman–Crippen MR) is 84.7 cm³/mol. The molecule has 1 N–H and O–H groups in total. The summed E-state index contributed by atoms with van der Waals surface area (Å²) in [4.78, 5) is 11.6. The Kier molecular flexibility index (Phi) is 9.42. The van der Waals surface area contributed by atoms with Gasteiger partial charge in [0.1, 0.15) is 0 Å². The van der Waals surface area contributed by atoms with Crippen molar-refractivity contribution in [3.8, 4) is 0 Å². The van der Waals surface area contributed by atoms with Gasteiger partial charge >= 0.3 is 0 Å². The zero-order valence-electron chi connectivity index (χ0n) is 11.5. The topological polar surface area (TPSA) is 29.1 Å². The van der Waals surface area contributed by atoms with Crippen LogP contribution >= 0.6 is 15.9 Å². The summed E-state index contributed by atoms with van der Waals surface area (Å²) in [5.41, 5.74) is 1.28. The summed E-state index contributed by atoms with van der Waals surface area (Å²) in [6.45, 7) is 0.742. The fourth-order valence-electron chi connectivity index (χ4n) is 1.99. The summed E-state index contributed by atoms with van der Waals surface area (Å²) < 4.78 is 0. The number of nitrogens with one attached hydrogen (secondary N) is 1. The Morgan fingerprint density at radius 3 is 2.42 bits per heavy atom. The smallest absolute Gasteiger partial charge is 0.220 e. The van der Waals surface area contributed by atoms with Gasteiger partial charge in [0.2, 0.25) is 5.91 Å². The molecule has 0 radical (unpaired) electrons. The van der Waals surface area contributed by atoms with Crippen molar-refractivity contribution in [3.63, 3.8) is 0 Å². The van der Waals surface area contributed by atoms with Crippen LogP contribution in [0.1, 0.15) is 44.1 Å². The molecule has 0 aliphatic rings. The van der Waals surface area contributed by atoms with Crippen molar-refractivity contribution in [1.29, 1.82) is 0 Å². The van der Waals surface area contributed by atoms with Crippen molar-refractivity contribution in [2.45, 2.75) is 44.9 Å². The molecule has 3 heteroatoms. The van der Waals surface area contributed by atoms with Gasteiger partial charge in [-0.05, 0) is 24.8 Å². The van der Waals surface area contributed by atoms with Crippen LogP contribution in [0.15, 0.2) is 30.3 Å². The van der Waals surface area contributed by atoms with Gasteiger partial charge < -0.3 is 5.32 Å². The molecule has 0 atom stereocenters. The summed E-state index contributed by atoms with van der Waals surface area (Å²) in [6.07, 6.45) is 7.51. The molecule has 1 rings (SSSR count). The first-order valence-electron chi connectivity index (χ1n) is 7.19. The highest BCUT2D eigenvalue weighted by molar-refractivity contribution is 9.09. The lowest BCUT2D eigenvalue weighted by atomic mass is 10.1. The van der Waals surface area contributed by atoms with Gasteiger partial charge in [0.25, 0.3) is 0 Å². The van der Waals surface area contributed by atoms with Gasteiger partial charge in [-0.15, -0.1) is 0 Å². The van der Waals surface area contributed by atoms with E-state index in [1.54, 1.807) is 0 Å². The fraction of sp³-hybridized carbons (Fsp3) is 0.562. The number of hydrogen-bond donors (Lipinski definition) is 1. The Labute approximate surface area is 125 Å². The number of amides is 1. The highest BCUT2D eigenvalue weighted by Crippen LogP contribution is 2.06. The summed E-state index contributed by atoms with van der Waals surface area (Å²) in [7, 11) is 0. The van der Waals surface area contributed by atoms with Crippen molar-refractivity contribution in [3.05, 3.63) is 35.9 Å². The number of carbonyl (C=O) groups is 1. The standard InChI is InChI=1S/C16H24BrNO/c17-13-8-3-1-2-7-11-16(19)18-14-12-15-9-5-4-6-10-15/h4-6,9-10H,1-3,7-8,11-14H2,(H,18,19). The van der Waals surface area contributed by atoms with E-state index in [9.17, 15) is 4.79 Å². The molecule has 19 heavy (non-hydrogen) atoms. The summed E-state index contributed by atoms with van der Waals surface area (Å²) in [6, 6.07) is 10.3. The molecule has 2 nitrogen and oxygen atoms in total. The SMILES string of the molecule is O=C(CCCCCCCBr)NCCc1ccccc1. The Morgan fingerprint density at radius 2 is 1.68 bits per heavy atom. The molecular weight excluding hydrogens is 302 g/mol. The second-order valence-electron chi connectivity index (χ2n) is 4.79. The van der Waals surface area contributed by atoms with Gasteiger partial charge in [0, 0.05) is 18.3 Å². The largest absolute Gasteiger partial charge is 0.356 e. The van der Waals surface area contributed by atoms with Crippen molar-refractivity contribution in [1.82, 2.24) is 5.32 Å². The Hall–Kier alpha value is -0.830. The first-order valence-corrected chi connectivity index (χ1v) is 8.31. The van der Waals surface area contributed by atoms with Crippen molar-refractivity contribution in [2.24, 2.45) is 0 Å². The van der Waals surface area contributed by atoms with E-state index in [1.807, 2.05) is 18.2 Å². The van der Waals surface area contributed by atoms with Crippen LogP contribution in [0, 0.1) is 0 Å². The number of carbonyl (C=O) groups excluding carboxylic acids is 1. The van der Waals surface area contributed by atoms with E-state index in [4.69, 9.17) is 0 Å². The molecule has 0 aromatic heterocycles. The van der Waals surface area contributed by atoms with E-state index >= 15 is 0 Å². The van der Waals surface area contributed by atoms with E-state index in [0.29, 0.717) is 6.42 Å². The van der Waals surface area contributed by atoms with Gasteiger partial charge in [0.05, 0.1) is 0 Å². The number of hydrogen-bond acceptors (Lipinski definition) is 1. The van der Waals surface area contributed by atoms with Gasteiger partial charge in [0.15, 0.2) is 0 Å². The first-order chi connectivity index (χ1) is 9.33. The zero-order valence-corrected chi connectivity index (χ0v) is 13.1. The molecule has 0 spiro atoms. The lowest BCUT2D eigenvalue weighted by Crippen LogP contribution is -2.25. The lowest BCUT2D eigenvalue weighted by Gasteiger charge is -2.05. The van der Waals surface area contributed by atoms with Gasteiger partial charge in [-0.1, -0.05) is 65.5 Å². The molecule has 1 amide bonds. The molecule has 1 aromatic carbocycles. The molecule has 106 valence electrons. The molecule has 0 fully saturated rings. The second-order valence-corrected chi connectivity index (χ2v) is 5.59. The highest BCUT2D eigenvalue weighted by Gasteiger charge is 2.00. The highest BCUT2D eigenvalue weighted by atomic mass is 79.9. The average Bonchev–Trinajstić information content (AvgIpc) is 2.44. The molecule has 0 unspecified atom stereocenters. The Bertz CT molecular complexity index is 340. The minimum atomic E-state index is 0.191. The van der Waals surface area contributed by atoms with Gasteiger partial charge in [-0.3, -0.25) is 4.79 Å². The van der Waals surface area contributed by atoms with Gasteiger partial charge in [-0.2, -0.15) is 0 Å². The van der Waals surface area contributed by atoms with Gasteiger partial charge in [-0.25, -0.2) is 0 Å².